The van der Waals surface area contributed by atoms with Gasteiger partial charge < -0.3 is 49.7 Å². The first-order chi connectivity index (χ1) is 20.4. The van der Waals surface area contributed by atoms with Crippen LogP contribution in [0, 0.1) is 0 Å². The SMILES string of the molecule is O=C(O)C(Nc1ncnc2c1ncn2[C@@H]1O[C@H](COP(=O)(O)OP(=O)(O)OP(=O)(O)O)C(O)C1O)Oc1ccc(Cl)cc1Cl. The predicted octanol–water partition coefficient (Wildman–Crippen LogP) is 0.997. The molecular weight excluding hydrogens is 706 g/mol. The Labute approximate surface area is 254 Å². The van der Waals surface area contributed by atoms with Crippen LogP contribution >= 0.6 is 46.7 Å². The van der Waals surface area contributed by atoms with Crippen molar-refractivity contribution in [2.45, 2.75) is 30.8 Å². The van der Waals surface area contributed by atoms with Crippen LogP contribution < -0.4 is 10.1 Å². The van der Waals surface area contributed by atoms with Gasteiger partial charge in [0, 0.05) is 5.02 Å². The molecular formula is C18H20Cl2N5O16P3. The van der Waals surface area contributed by atoms with Crippen molar-refractivity contribution < 1.29 is 76.0 Å². The number of carboxylic acid groups (broad SMARTS) is 1. The number of phosphoric ester groups is 1. The number of phosphoric acid groups is 3. The summed E-state index contributed by atoms with van der Waals surface area (Å²) in [6, 6.07) is 4.10. The Hall–Kier alpha value is -2.29. The molecule has 1 aliphatic heterocycles. The molecule has 1 aliphatic rings. The lowest BCUT2D eigenvalue weighted by atomic mass is 10.1. The fourth-order valence-electron chi connectivity index (χ4n) is 3.67. The van der Waals surface area contributed by atoms with E-state index in [0.29, 0.717) is 0 Å². The zero-order valence-electron chi connectivity index (χ0n) is 21.2. The highest BCUT2D eigenvalue weighted by Gasteiger charge is 2.47. The molecule has 0 saturated carbocycles. The third-order valence-corrected chi connectivity index (χ3v) is 9.75. The smallest absolute Gasteiger partial charge is 0.477 e. The standard InChI is InChI=1S/C18H20Cl2N5O16P3/c19-7-1-2-9(8(20)3-7)38-16(18(28)29)24-14-11-15(22-5-21-14)25(6-23-11)17-13(27)12(26)10(39-17)4-37-43(33,34)41-44(35,36)40-42(30,31)32/h1-3,5-6,10,12-13,16-17,26-27H,4H2,(H,28,29)(H,33,34)(H,35,36)(H,21,22,24)(H2,30,31,32)/t10-,12?,13?,16?,17-/m1/s1. The number of anilines is 1. The molecule has 0 amide bonds. The van der Waals surface area contributed by atoms with Crippen LogP contribution in [0.2, 0.25) is 10.0 Å². The van der Waals surface area contributed by atoms with Gasteiger partial charge in [-0.05, 0) is 18.2 Å². The number of hydrogen-bond acceptors (Lipinski definition) is 15. The zero-order valence-corrected chi connectivity index (χ0v) is 25.4. The van der Waals surface area contributed by atoms with Crippen molar-refractivity contribution in [1.82, 2.24) is 19.5 Å². The van der Waals surface area contributed by atoms with Gasteiger partial charge >= 0.3 is 29.4 Å². The minimum Gasteiger partial charge on any atom is -0.477 e. The van der Waals surface area contributed by atoms with Crippen molar-refractivity contribution in [3.63, 3.8) is 0 Å². The lowest BCUT2D eigenvalue weighted by Crippen LogP contribution is -2.35. The lowest BCUT2D eigenvalue weighted by molar-refractivity contribution is -0.143. The zero-order chi connectivity index (χ0) is 32.6. The van der Waals surface area contributed by atoms with E-state index in [1.165, 1.54) is 18.2 Å². The first-order valence-corrected chi connectivity index (χ1v) is 16.7. The Morgan fingerprint density at radius 2 is 1.75 bits per heavy atom. The van der Waals surface area contributed by atoms with E-state index in [0.717, 1.165) is 17.2 Å². The summed E-state index contributed by atoms with van der Waals surface area (Å²) in [6.07, 6.45) is -6.29. The van der Waals surface area contributed by atoms with Crippen molar-refractivity contribution in [3.05, 3.63) is 40.9 Å². The first kappa shape index (κ1) is 34.6. The fourth-order valence-corrected chi connectivity index (χ4v) is 7.16. The number of halogens is 2. The Morgan fingerprint density at radius 3 is 2.39 bits per heavy atom. The summed E-state index contributed by atoms with van der Waals surface area (Å²) in [5.41, 5.74) is -0.104. The van der Waals surface area contributed by atoms with Crippen LogP contribution in [0.1, 0.15) is 6.23 Å². The minimum atomic E-state index is -5.79. The van der Waals surface area contributed by atoms with Crippen LogP contribution in [-0.4, -0.2) is 91.5 Å². The maximum absolute atomic E-state index is 12.0. The number of aliphatic carboxylic acids is 1. The second-order valence-corrected chi connectivity index (χ2v) is 13.8. The Bertz CT molecular complexity index is 1690. The van der Waals surface area contributed by atoms with Gasteiger partial charge in [0.1, 0.15) is 30.4 Å². The second-order valence-electron chi connectivity index (χ2n) is 8.53. The summed E-state index contributed by atoms with van der Waals surface area (Å²) in [5, 5.41) is 33.5. The molecule has 0 spiro atoms. The van der Waals surface area contributed by atoms with E-state index in [4.69, 9.17) is 42.5 Å². The van der Waals surface area contributed by atoms with Crippen molar-refractivity contribution in [2.24, 2.45) is 0 Å². The van der Waals surface area contributed by atoms with E-state index in [-0.39, 0.29) is 32.8 Å². The highest BCUT2D eigenvalue weighted by Crippen LogP contribution is 2.66. The molecule has 1 fully saturated rings. The van der Waals surface area contributed by atoms with Gasteiger partial charge in [-0.3, -0.25) is 9.09 Å². The van der Waals surface area contributed by atoms with Gasteiger partial charge in [0.2, 0.25) is 0 Å². The summed E-state index contributed by atoms with van der Waals surface area (Å²) in [6.45, 7) is -1.06. The van der Waals surface area contributed by atoms with Gasteiger partial charge in [-0.15, -0.1) is 0 Å². The number of fused-ring (bicyclic) bond motifs is 1. The largest absolute Gasteiger partial charge is 0.490 e. The first-order valence-electron chi connectivity index (χ1n) is 11.4. The Morgan fingerprint density at radius 1 is 1.05 bits per heavy atom. The van der Waals surface area contributed by atoms with Crippen LogP contribution in [0.4, 0.5) is 5.82 Å². The summed E-state index contributed by atoms with van der Waals surface area (Å²) in [4.78, 5) is 60.1. The summed E-state index contributed by atoms with van der Waals surface area (Å²) >= 11 is 11.9. The maximum Gasteiger partial charge on any atom is 0.490 e. The van der Waals surface area contributed by atoms with Gasteiger partial charge in [0.05, 0.1) is 18.0 Å². The molecule has 242 valence electrons. The molecule has 0 radical (unpaired) electrons. The average molecular weight is 726 g/mol. The van der Waals surface area contributed by atoms with E-state index in [1.807, 2.05) is 0 Å². The Kier molecular flexibility index (Phi) is 10.4. The third-order valence-electron chi connectivity index (χ3n) is 5.42. The number of aliphatic hydroxyl groups is 2. The molecule has 0 bridgehead atoms. The number of imidazole rings is 1. The van der Waals surface area contributed by atoms with Crippen molar-refractivity contribution >= 4 is 69.6 Å². The number of hydrogen-bond donors (Lipinski definition) is 8. The molecule has 3 aromatic rings. The second kappa shape index (κ2) is 13.2. The molecule has 8 N–H and O–H groups in total. The molecule has 5 unspecified atom stereocenters. The van der Waals surface area contributed by atoms with Gasteiger partial charge in [-0.25, -0.2) is 33.4 Å². The number of nitrogens with one attached hydrogen (secondary N) is 1. The Balaban J connectivity index is 1.49. The highest BCUT2D eigenvalue weighted by atomic mass is 35.5. The van der Waals surface area contributed by atoms with Gasteiger partial charge in [-0.2, -0.15) is 8.62 Å². The lowest BCUT2D eigenvalue weighted by Gasteiger charge is -2.19. The van der Waals surface area contributed by atoms with Crippen LogP contribution in [0.25, 0.3) is 11.2 Å². The van der Waals surface area contributed by atoms with Crippen LogP contribution in [-0.2, 0) is 36.4 Å². The molecule has 0 aliphatic carbocycles. The number of benzene rings is 1. The summed E-state index contributed by atoms with van der Waals surface area (Å²) < 4.78 is 58.0. The molecule has 4 rings (SSSR count). The van der Waals surface area contributed by atoms with E-state index >= 15 is 0 Å². The predicted molar refractivity (Wildman–Crippen MR) is 143 cm³/mol. The molecule has 1 aromatic carbocycles. The fraction of sp³-hybridized carbons (Fsp3) is 0.333. The van der Waals surface area contributed by atoms with Crippen LogP contribution in [0.5, 0.6) is 5.75 Å². The highest BCUT2D eigenvalue weighted by molar-refractivity contribution is 7.66. The summed E-state index contributed by atoms with van der Waals surface area (Å²) in [5.74, 6) is -1.65. The van der Waals surface area contributed by atoms with E-state index in [1.54, 1.807) is 0 Å². The monoisotopic (exact) mass is 725 g/mol. The number of ether oxygens (including phenoxy) is 2. The number of aromatic nitrogens is 4. The molecule has 1 saturated heterocycles. The number of carboxylic acids is 1. The minimum absolute atomic E-state index is 0.0227. The molecule has 3 heterocycles. The number of carbonyl (C=O) groups is 1. The molecule has 26 heteroatoms. The molecule has 21 nitrogen and oxygen atoms in total. The van der Waals surface area contributed by atoms with E-state index < -0.39 is 66.8 Å². The van der Waals surface area contributed by atoms with E-state index in [9.17, 15) is 43.6 Å². The van der Waals surface area contributed by atoms with Gasteiger partial charge in [0.15, 0.2) is 23.2 Å². The normalized spacial score (nSPS) is 24.0. The molecule has 7 atom stereocenters. The molecule has 44 heavy (non-hydrogen) atoms. The van der Waals surface area contributed by atoms with Gasteiger partial charge in [0.25, 0.3) is 6.23 Å². The number of rotatable bonds is 13. The van der Waals surface area contributed by atoms with Gasteiger partial charge in [-0.1, -0.05) is 23.2 Å². The molecule has 2 aromatic heterocycles. The quantitative estimate of drug-likeness (QED) is 0.0899. The average Bonchev–Trinajstić information content (AvgIpc) is 3.43. The van der Waals surface area contributed by atoms with Crippen molar-refractivity contribution in [3.8, 4) is 5.75 Å². The third kappa shape index (κ3) is 8.49. The number of aliphatic hydroxyl groups excluding tert-OH is 2. The van der Waals surface area contributed by atoms with Crippen molar-refractivity contribution in [1.29, 1.82) is 0 Å². The van der Waals surface area contributed by atoms with E-state index in [2.05, 4.69) is 33.4 Å². The van der Waals surface area contributed by atoms with Crippen LogP contribution in [0.15, 0.2) is 30.9 Å². The number of nitrogens with zero attached hydrogens (tertiary/aromatic N) is 4. The van der Waals surface area contributed by atoms with Crippen molar-refractivity contribution in [2.75, 3.05) is 11.9 Å². The summed E-state index contributed by atoms with van der Waals surface area (Å²) in [7, 11) is -17.0. The topological polar surface area (TPSA) is 312 Å². The maximum atomic E-state index is 12.0. The van der Waals surface area contributed by atoms with Crippen LogP contribution in [0.3, 0.4) is 0 Å².